The molecule has 0 saturated carbocycles. The Morgan fingerprint density at radius 3 is 0.789 bits per heavy atom. The molecule has 0 bridgehead atoms. The van der Waals surface area contributed by atoms with Crippen molar-refractivity contribution in [3.63, 3.8) is 0 Å². The van der Waals surface area contributed by atoms with Crippen LogP contribution >= 0.6 is 0 Å². The number of hydrogen-bond acceptors (Lipinski definition) is 6. The van der Waals surface area contributed by atoms with Crippen molar-refractivity contribution < 1.29 is 28.6 Å². The van der Waals surface area contributed by atoms with Gasteiger partial charge in [-0.05, 0) is 70.6 Å². The third-order valence-corrected chi connectivity index (χ3v) is 14.2. The molecule has 0 heterocycles. The van der Waals surface area contributed by atoms with Gasteiger partial charge in [-0.15, -0.1) is 0 Å². The normalized spacial score (nSPS) is 12.6. The zero-order valence-electron chi connectivity index (χ0n) is 50.3. The van der Waals surface area contributed by atoms with Crippen LogP contribution in [0.1, 0.15) is 323 Å². The second kappa shape index (κ2) is 64.1. The van der Waals surface area contributed by atoms with E-state index < -0.39 is 6.10 Å². The minimum absolute atomic E-state index is 0.0974. The standard InChI is InChI=1S/C70H122O6/c1-4-7-10-13-15-17-19-21-23-25-27-29-31-32-33-34-35-36-37-39-40-42-44-46-48-50-52-54-57-60-63-69(72)75-66-67(65-74-68(71)62-59-56-12-9-6-3)76-70(73)64-61-58-55-53-51-49-47-45-43-41-38-30-28-26-24-22-20-18-16-14-11-8-5-2/h8,11,16,18,22,24,28,30,41,43,47,49,53,55,67H,4-7,9-10,12-15,17,19-21,23,25-27,29,31-40,42,44-46,48,50-52,54,56-66H2,1-3H3/b11-8-,18-16-,24-22-,30-28-,43-41-,49-47-,55-53-. The molecule has 0 radical (unpaired) electrons. The van der Waals surface area contributed by atoms with Gasteiger partial charge in [0.1, 0.15) is 13.2 Å². The maximum atomic E-state index is 12.8. The van der Waals surface area contributed by atoms with Crippen molar-refractivity contribution in [3.05, 3.63) is 85.1 Å². The molecule has 0 aliphatic carbocycles. The van der Waals surface area contributed by atoms with Gasteiger partial charge in [-0.1, -0.05) is 318 Å². The van der Waals surface area contributed by atoms with Crippen molar-refractivity contribution in [2.75, 3.05) is 13.2 Å². The molecule has 0 spiro atoms. The Labute approximate surface area is 471 Å². The summed E-state index contributed by atoms with van der Waals surface area (Å²) in [5.41, 5.74) is 0. The Morgan fingerprint density at radius 1 is 0.276 bits per heavy atom. The molecule has 6 nitrogen and oxygen atoms in total. The lowest BCUT2D eigenvalue weighted by atomic mass is 10.0. The summed E-state index contributed by atoms with van der Waals surface area (Å²) in [5.74, 6) is -0.962. The molecule has 1 unspecified atom stereocenters. The van der Waals surface area contributed by atoms with E-state index in [4.69, 9.17) is 14.2 Å². The van der Waals surface area contributed by atoms with Crippen LogP contribution in [0.25, 0.3) is 0 Å². The fourth-order valence-electron chi connectivity index (χ4n) is 9.32. The Morgan fingerprint density at radius 2 is 0.513 bits per heavy atom. The molecule has 6 heteroatoms. The van der Waals surface area contributed by atoms with Gasteiger partial charge >= 0.3 is 17.9 Å². The van der Waals surface area contributed by atoms with Gasteiger partial charge in [0.05, 0.1) is 0 Å². The van der Waals surface area contributed by atoms with E-state index in [9.17, 15) is 14.4 Å². The Balaban J connectivity index is 4.05. The monoisotopic (exact) mass is 1060 g/mol. The van der Waals surface area contributed by atoms with Gasteiger partial charge in [0, 0.05) is 19.3 Å². The van der Waals surface area contributed by atoms with Crippen molar-refractivity contribution in [3.8, 4) is 0 Å². The van der Waals surface area contributed by atoms with Gasteiger partial charge in [0.25, 0.3) is 0 Å². The summed E-state index contributed by atoms with van der Waals surface area (Å²) in [4.78, 5) is 37.9. The third kappa shape index (κ3) is 61.4. The lowest BCUT2D eigenvalue weighted by Crippen LogP contribution is -2.30. The SMILES string of the molecule is CC/C=C\C/C=C\C/C=C\C/C=C\C/C=C\C/C=C\C/C=C\CCCC(=O)OC(COC(=O)CCCCCCC)COC(=O)CCCCCCCCCCCCCCCCCCCCCCCCCCCCCCCC. The van der Waals surface area contributed by atoms with Crippen LogP contribution in [0.3, 0.4) is 0 Å². The average molecular weight is 1060 g/mol. The lowest BCUT2D eigenvalue weighted by molar-refractivity contribution is -0.167. The van der Waals surface area contributed by atoms with Crippen molar-refractivity contribution in [1.29, 1.82) is 0 Å². The van der Waals surface area contributed by atoms with E-state index in [0.29, 0.717) is 19.3 Å². The Kier molecular flexibility index (Phi) is 61.2. The fourth-order valence-corrected chi connectivity index (χ4v) is 9.32. The Hall–Kier alpha value is -3.41. The van der Waals surface area contributed by atoms with Crippen LogP contribution in [-0.2, 0) is 28.6 Å². The lowest BCUT2D eigenvalue weighted by Gasteiger charge is -2.18. The number of rotatable bonds is 59. The predicted molar refractivity (Wildman–Crippen MR) is 330 cm³/mol. The van der Waals surface area contributed by atoms with E-state index in [2.05, 4.69) is 106 Å². The highest BCUT2D eigenvalue weighted by molar-refractivity contribution is 5.71. The molecule has 0 aromatic heterocycles. The highest BCUT2D eigenvalue weighted by Gasteiger charge is 2.19. The second-order valence-corrected chi connectivity index (χ2v) is 21.7. The minimum atomic E-state index is -0.803. The number of hydrogen-bond donors (Lipinski definition) is 0. The molecule has 0 aromatic rings. The van der Waals surface area contributed by atoms with Gasteiger partial charge in [-0.25, -0.2) is 0 Å². The molecule has 76 heavy (non-hydrogen) atoms. The zero-order valence-corrected chi connectivity index (χ0v) is 50.3. The summed E-state index contributed by atoms with van der Waals surface area (Å²) in [6.45, 7) is 6.43. The molecule has 0 amide bonds. The molecular formula is C70H122O6. The highest BCUT2D eigenvalue weighted by Crippen LogP contribution is 2.18. The van der Waals surface area contributed by atoms with Gasteiger partial charge in [0.2, 0.25) is 0 Å². The van der Waals surface area contributed by atoms with Crippen LogP contribution in [0.2, 0.25) is 0 Å². The van der Waals surface area contributed by atoms with Crippen molar-refractivity contribution in [1.82, 2.24) is 0 Å². The summed E-state index contributed by atoms with van der Waals surface area (Å²) in [6, 6.07) is 0. The number of unbranched alkanes of at least 4 members (excludes halogenated alkanes) is 34. The first kappa shape index (κ1) is 72.6. The summed E-state index contributed by atoms with van der Waals surface area (Å²) in [7, 11) is 0. The molecule has 0 aliphatic rings. The first-order valence-corrected chi connectivity index (χ1v) is 32.6. The van der Waals surface area contributed by atoms with Gasteiger partial charge in [0.15, 0.2) is 6.10 Å². The molecule has 0 aromatic carbocycles. The number of carbonyl (C=O) groups is 3. The van der Waals surface area contributed by atoms with E-state index in [1.165, 1.54) is 173 Å². The second-order valence-electron chi connectivity index (χ2n) is 21.7. The van der Waals surface area contributed by atoms with Gasteiger partial charge in [-0.3, -0.25) is 14.4 Å². The van der Waals surface area contributed by atoms with Crippen molar-refractivity contribution >= 4 is 17.9 Å². The van der Waals surface area contributed by atoms with Crippen LogP contribution in [0.4, 0.5) is 0 Å². The van der Waals surface area contributed by atoms with Crippen LogP contribution in [0.5, 0.6) is 0 Å². The molecule has 0 saturated heterocycles. The summed E-state index contributed by atoms with van der Waals surface area (Å²) >= 11 is 0. The molecule has 0 N–H and O–H groups in total. The fraction of sp³-hybridized carbons (Fsp3) is 0.757. The van der Waals surface area contributed by atoms with Crippen LogP contribution in [0.15, 0.2) is 85.1 Å². The highest BCUT2D eigenvalue weighted by atomic mass is 16.6. The topological polar surface area (TPSA) is 78.9 Å². The minimum Gasteiger partial charge on any atom is -0.462 e. The summed E-state index contributed by atoms with van der Waals surface area (Å²) in [6.07, 6.45) is 85.3. The van der Waals surface area contributed by atoms with E-state index in [1.54, 1.807) is 0 Å². The number of esters is 3. The van der Waals surface area contributed by atoms with Crippen LogP contribution in [-0.4, -0.2) is 37.2 Å². The van der Waals surface area contributed by atoms with Gasteiger partial charge in [-0.2, -0.15) is 0 Å². The van der Waals surface area contributed by atoms with Crippen LogP contribution in [0, 0.1) is 0 Å². The molecule has 1 atom stereocenters. The molecular weight excluding hydrogens is 937 g/mol. The molecule has 438 valence electrons. The summed E-state index contributed by atoms with van der Waals surface area (Å²) in [5, 5.41) is 0. The smallest absolute Gasteiger partial charge is 0.306 e. The van der Waals surface area contributed by atoms with E-state index in [1.807, 2.05) is 0 Å². The third-order valence-electron chi connectivity index (χ3n) is 14.2. The van der Waals surface area contributed by atoms with Gasteiger partial charge < -0.3 is 14.2 Å². The largest absolute Gasteiger partial charge is 0.462 e. The maximum absolute atomic E-state index is 12.8. The van der Waals surface area contributed by atoms with Crippen molar-refractivity contribution in [2.24, 2.45) is 0 Å². The van der Waals surface area contributed by atoms with E-state index >= 15 is 0 Å². The van der Waals surface area contributed by atoms with E-state index in [0.717, 1.165) is 103 Å². The van der Waals surface area contributed by atoms with Crippen LogP contribution < -0.4 is 0 Å². The van der Waals surface area contributed by atoms with E-state index in [-0.39, 0.29) is 37.5 Å². The maximum Gasteiger partial charge on any atom is 0.306 e. The number of carbonyl (C=O) groups excluding carboxylic acids is 3. The molecule has 0 rings (SSSR count). The first-order chi connectivity index (χ1) is 37.5. The number of ether oxygens (including phenoxy) is 3. The molecule has 0 fully saturated rings. The zero-order chi connectivity index (χ0) is 55.0. The first-order valence-electron chi connectivity index (χ1n) is 32.6. The molecule has 0 aliphatic heterocycles. The summed E-state index contributed by atoms with van der Waals surface area (Å²) < 4.78 is 16.7. The predicted octanol–water partition coefficient (Wildman–Crippen LogP) is 22.3. The van der Waals surface area contributed by atoms with Crippen molar-refractivity contribution in [2.45, 2.75) is 329 Å². The quantitative estimate of drug-likeness (QED) is 0.0261. The average Bonchev–Trinajstić information content (AvgIpc) is 3.42. The number of allylic oxidation sites excluding steroid dienone is 14. The Bertz CT molecular complexity index is 1450.